The van der Waals surface area contributed by atoms with E-state index in [0.717, 1.165) is 49.9 Å². The summed E-state index contributed by atoms with van der Waals surface area (Å²) in [5, 5.41) is 4.26. The Bertz CT molecular complexity index is 904. The topological polar surface area (TPSA) is 71.7 Å². The lowest BCUT2D eigenvalue weighted by Crippen LogP contribution is -2.53. The zero-order valence-corrected chi connectivity index (χ0v) is 19.1. The highest BCUT2D eigenvalue weighted by molar-refractivity contribution is 5.69. The summed E-state index contributed by atoms with van der Waals surface area (Å²) in [6.07, 6.45) is 5.25. The second-order valence-corrected chi connectivity index (χ2v) is 9.75. The SMILES string of the molecule is Cc1ccccc1-c1nc(CN2CCCC[C@H]2[C@H]2CCCN2C(=O)OC(C)(C)C)no1. The molecule has 7 heteroatoms. The van der Waals surface area contributed by atoms with Crippen LogP contribution in [-0.2, 0) is 11.3 Å². The summed E-state index contributed by atoms with van der Waals surface area (Å²) < 4.78 is 11.3. The number of benzene rings is 1. The fourth-order valence-electron chi connectivity index (χ4n) is 4.81. The largest absolute Gasteiger partial charge is 0.444 e. The first-order valence-electron chi connectivity index (χ1n) is 11.4. The Labute approximate surface area is 184 Å². The molecule has 0 spiro atoms. The van der Waals surface area contributed by atoms with E-state index in [-0.39, 0.29) is 12.1 Å². The molecule has 0 saturated carbocycles. The molecule has 3 heterocycles. The van der Waals surface area contributed by atoms with Crippen molar-refractivity contribution in [1.29, 1.82) is 0 Å². The lowest BCUT2D eigenvalue weighted by atomic mass is 9.94. The van der Waals surface area contributed by atoms with E-state index >= 15 is 0 Å². The third-order valence-corrected chi connectivity index (χ3v) is 6.22. The summed E-state index contributed by atoms with van der Waals surface area (Å²) in [5.41, 5.74) is 1.61. The highest BCUT2D eigenvalue weighted by Crippen LogP contribution is 2.31. The Morgan fingerprint density at radius 1 is 1.13 bits per heavy atom. The van der Waals surface area contributed by atoms with Crippen molar-refractivity contribution in [2.24, 2.45) is 0 Å². The van der Waals surface area contributed by atoms with E-state index in [1.165, 1.54) is 6.42 Å². The molecule has 1 aromatic heterocycles. The van der Waals surface area contributed by atoms with Gasteiger partial charge in [0.25, 0.3) is 5.89 Å². The number of piperidine rings is 1. The standard InChI is InChI=1S/C24H34N4O3/c1-17-10-5-6-11-18(17)22-25-21(26-31-22)16-27-14-8-7-12-19(27)20-13-9-15-28(20)23(29)30-24(2,3)4/h5-6,10-11,19-20H,7-9,12-16H2,1-4H3/t19-,20+/m0/s1. The molecular weight excluding hydrogens is 392 g/mol. The fraction of sp³-hybridized carbons (Fsp3) is 0.625. The highest BCUT2D eigenvalue weighted by Gasteiger charge is 2.40. The number of hydrogen-bond donors (Lipinski definition) is 0. The van der Waals surface area contributed by atoms with Crippen LogP contribution in [0.2, 0.25) is 0 Å². The van der Waals surface area contributed by atoms with Gasteiger partial charge in [-0.2, -0.15) is 4.98 Å². The summed E-state index contributed by atoms with van der Waals surface area (Å²) in [4.78, 5) is 21.9. The molecule has 0 aliphatic carbocycles. The van der Waals surface area contributed by atoms with Crippen LogP contribution in [-0.4, -0.2) is 56.8 Å². The first-order chi connectivity index (χ1) is 14.8. The maximum atomic E-state index is 12.8. The third-order valence-electron chi connectivity index (χ3n) is 6.22. The summed E-state index contributed by atoms with van der Waals surface area (Å²) in [5.74, 6) is 1.27. The number of carbonyl (C=O) groups is 1. The molecule has 1 amide bonds. The lowest BCUT2D eigenvalue weighted by molar-refractivity contribution is 0.00600. The predicted octanol–water partition coefficient (Wildman–Crippen LogP) is 4.80. The van der Waals surface area contributed by atoms with Crippen LogP contribution < -0.4 is 0 Å². The van der Waals surface area contributed by atoms with Gasteiger partial charge in [-0.15, -0.1) is 0 Å². The van der Waals surface area contributed by atoms with E-state index in [1.54, 1.807) is 0 Å². The van der Waals surface area contributed by atoms with Gasteiger partial charge in [-0.05, 0) is 71.6 Å². The van der Waals surface area contributed by atoms with Crippen molar-refractivity contribution in [3.8, 4) is 11.5 Å². The normalized spacial score (nSPS) is 22.6. The molecule has 7 nitrogen and oxygen atoms in total. The zero-order chi connectivity index (χ0) is 22.0. The average molecular weight is 427 g/mol. The molecule has 4 rings (SSSR count). The van der Waals surface area contributed by atoms with Crippen LogP contribution >= 0.6 is 0 Å². The van der Waals surface area contributed by atoms with Gasteiger partial charge in [-0.3, -0.25) is 4.90 Å². The van der Waals surface area contributed by atoms with E-state index in [9.17, 15) is 4.79 Å². The number of nitrogens with zero attached hydrogens (tertiary/aromatic N) is 4. The summed E-state index contributed by atoms with van der Waals surface area (Å²) >= 11 is 0. The molecule has 168 valence electrons. The van der Waals surface area contributed by atoms with Crippen molar-refractivity contribution in [2.45, 2.75) is 84.0 Å². The number of aromatic nitrogens is 2. The lowest BCUT2D eigenvalue weighted by Gasteiger charge is -2.41. The number of amides is 1. The van der Waals surface area contributed by atoms with Gasteiger partial charge in [0.2, 0.25) is 0 Å². The van der Waals surface area contributed by atoms with Gasteiger partial charge < -0.3 is 14.2 Å². The highest BCUT2D eigenvalue weighted by atomic mass is 16.6. The van der Waals surface area contributed by atoms with Crippen LogP contribution in [0.4, 0.5) is 4.79 Å². The van der Waals surface area contributed by atoms with E-state index in [1.807, 2.05) is 56.9 Å². The minimum Gasteiger partial charge on any atom is -0.444 e. The molecule has 2 aliphatic rings. The van der Waals surface area contributed by atoms with Gasteiger partial charge in [0.05, 0.1) is 12.6 Å². The van der Waals surface area contributed by atoms with Crippen molar-refractivity contribution in [3.63, 3.8) is 0 Å². The minimum absolute atomic E-state index is 0.179. The zero-order valence-electron chi connectivity index (χ0n) is 19.1. The second-order valence-electron chi connectivity index (χ2n) is 9.75. The molecule has 0 radical (unpaired) electrons. The van der Waals surface area contributed by atoms with E-state index in [2.05, 4.69) is 15.0 Å². The van der Waals surface area contributed by atoms with E-state index in [0.29, 0.717) is 24.3 Å². The van der Waals surface area contributed by atoms with E-state index in [4.69, 9.17) is 9.26 Å². The van der Waals surface area contributed by atoms with Crippen molar-refractivity contribution in [2.75, 3.05) is 13.1 Å². The monoisotopic (exact) mass is 426 g/mol. The number of aryl methyl sites for hydroxylation is 1. The smallest absolute Gasteiger partial charge is 0.410 e. The maximum Gasteiger partial charge on any atom is 0.410 e. The minimum atomic E-state index is -0.479. The van der Waals surface area contributed by atoms with Gasteiger partial charge in [-0.1, -0.05) is 29.8 Å². The number of hydrogen-bond acceptors (Lipinski definition) is 6. The van der Waals surface area contributed by atoms with Crippen LogP contribution in [0, 0.1) is 6.92 Å². The van der Waals surface area contributed by atoms with Crippen LogP contribution in [0.1, 0.15) is 64.3 Å². The first kappa shape index (κ1) is 21.8. The van der Waals surface area contributed by atoms with Gasteiger partial charge in [0.1, 0.15) is 5.60 Å². The number of carbonyl (C=O) groups excluding carboxylic acids is 1. The van der Waals surface area contributed by atoms with Crippen molar-refractivity contribution < 1.29 is 14.1 Å². The molecule has 1 aromatic carbocycles. The Morgan fingerprint density at radius 2 is 1.90 bits per heavy atom. The first-order valence-corrected chi connectivity index (χ1v) is 11.4. The van der Waals surface area contributed by atoms with Gasteiger partial charge >= 0.3 is 6.09 Å². The summed E-state index contributed by atoms with van der Waals surface area (Å²) in [7, 11) is 0. The quantitative estimate of drug-likeness (QED) is 0.699. The predicted molar refractivity (Wildman–Crippen MR) is 118 cm³/mol. The summed E-state index contributed by atoms with van der Waals surface area (Å²) in [6, 6.07) is 8.52. The number of rotatable bonds is 4. The van der Waals surface area contributed by atoms with Gasteiger partial charge in [-0.25, -0.2) is 4.79 Å². The Kier molecular flexibility index (Phi) is 6.32. The molecule has 0 bridgehead atoms. The molecule has 2 fully saturated rings. The Morgan fingerprint density at radius 3 is 2.68 bits per heavy atom. The molecule has 2 aliphatic heterocycles. The molecule has 2 atom stereocenters. The molecule has 31 heavy (non-hydrogen) atoms. The molecular formula is C24H34N4O3. The Balaban J connectivity index is 1.48. The molecule has 0 unspecified atom stereocenters. The average Bonchev–Trinajstić information content (AvgIpc) is 3.37. The van der Waals surface area contributed by atoms with Crippen LogP contribution in [0.15, 0.2) is 28.8 Å². The molecule has 0 N–H and O–H groups in total. The van der Waals surface area contributed by atoms with Crippen LogP contribution in [0.5, 0.6) is 0 Å². The third kappa shape index (κ3) is 5.09. The molecule has 2 saturated heterocycles. The number of likely N-dealkylation sites (tertiary alicyclic amines) is 2. The summed E-state index contributed by atoms with van der Waals surface area (Å²) in [6.45, 7) is 10.2. The van der Waals surface area contributed by atoms with Gasteiger partial charge in [0, 0.05) is 18.2 Å². The number of ether oxygens (including phenoxy) is 1. The Hall–Kier alpha value is -2.41. The van der Waals surface area contributed by atoms with Crippen molar-refractivity contribution in [3.05, 3.63) is 35.7 Å². The second kappa shape index (κ2) is 8.99. The van der Waals surface area contributed by atoms with Gasteiger partial charge in [0.15, 0.2) is 5.82 Å². The maximum absolute atomic E-state index is 12.8. The van der Waals surface area contributed by atoms with Crippen molar-refractivity contribution in [1.82, 2.24) is 19.9 Å². The van der Waals surface area contributed by atoms with Crippen LogP contribution in [0.3, 0.4) is 0 Å². The fourth-order valence-corrected chi connectivity index (χ4v) is 4.81. The van der Waals surface area contributed by atoms with Crippen molar-refractivity contribution >= 4 is 6.09 Å². The van der Waals surface area contributed by atoms with Crippen LogP contribution in [0.25, 0.3) is 11.5 Å². The molecule has 2 aromatic rings. The van der Waals surface area contributed by atoms with E-state index < -0.39 is 5.60 Å².